The number of thioether (sulfide) groups is 1. The van der Waals surface area contributed by atoms with Crippen molar-refractivity contribution in [2.75, 3.05) is 18.1 Å². The molecule has 3 fully saturated rings. The molecule has 0 amide bonds. The van der Waals surface area contributed by atoms with Crippen LogP contribution in [0.15, 0.2) is 0 Å². The van der Waals surface area contributed by atoms with Crippen molar-refractivity contribution in [3.05, 3.63) is 0 Å². The van der Waals surface area contributed by atoms with Crippen LogP contribution in [0.5, 0.6) is 0 Å². The van der Waals surface area contributed by atoms with E-state index in [0.717, 1.165) is 57.3 Å². The van der Waals surface area contributed by atoms with Gasteiger partial charge in [0, 0.05) is 18.8 Å². The summed E-state index contributed by atoms with van der Waals surface area (Å²) in [6.07, 6.45) is 7.09. The quantitative estimate of drug-likeness (QED) is 0.868. The molecule has 0 aromatic rings. The van der Waals surface area contributed by atoms with Gasteiger partial charge in [-0.05, 0) is 44.3 Å². The molecule has 1 spiro atoms. The molecule has 2 aliphatic heterocycles. The average Bonchev–Trinajstić information content (AvgIpc) is 2.87. The number of carbonyl (C=O) groups is 1. The Morgan fingerprint density at radius 2 is 2.00 bits per heavy atom. The first-order chi connectivity index (χ1) is 9.67. The molecule has 0 aromatic carbocycles. The SMILES string of the molecule is O=C(O)C1CCC(OC2CCOC3(CCSC3)C2)CC1. The lowest BCUT2D eigenvalue weighted by Gasteiger charge is -2.39. The van der Waals surface area contributed by atoms with E-state index in [1.807, 2.05) is 11.8 Å². The maximum absolute atomic E-state index is 11.0. The fraction of sp³-hybridized carbons (Fsp3) is 0.933. The second-order valence-corrected chi connectivity index (χ2v) is 7.50. The van der Waals surface area contributed by atoms with Crippen LogP contribution < -0.4 is 0 Å². The number of hydrogen-bond donors (Lipinski definition) is 1. The molecular weight excluding hydrogens is 276 g/mol. The molecule has 1 aliphatic carbocycles. The second kappa shape index (κ2) is 6.24. The largest absolute Gasteiger partial charge is 0.481 e. The van der Waals surface area contributed by atoms with Crippen LogP contribution in [0.2, 0.25) is 0 Å². The lowest BCUT2D eigenvalue weighted by molar-refractivity contribution is -0.150. The molecule has 2 atom stereocenters. The van der Waals surface area contributed by atoms with Gasteiger partial charge < -0.3 is 14.6 Å². The fourth-order valence-electron chi connectivity index (χ4n) is 3.68. The Hall–Kier alpha value is -0.260. The van der Waals surface area contributed by atoms with Crippen LogP contribution in [0.3, 0.4) is 0 Å². The van der Waals surface area contributed by atoms with E-state index in [1.54, 1.807) is 0 Å². The lowest BCUT2D eigenvalue weighted by Crippen LogP contribution is -2.44. The van der Waals surface area contributed by atoms with Crippen LogP contribution >= 0.6 is 11.8 Å². The Kier molecular flexibility index (Phi) is 4.58. The summed E-state index contributed by atoms with van der Waals surface area (Å²) in [5.41, 5.74) is 0.0752. The Labute approximate surface area is 124 Å². The topological polar surface area (TPSA) is 55.8 Å². The standard InChI is InChI=1S/C15H24O4S/c16-14(17)11-1-3-12(4-2-11)19-13-5-7-18-15(9-13)6-8-20-10-15/h11-13H,1-10H2,(H,16,17). The zero-order chi connectivity index (χ0) is 14.0. The minimum Gasteiger partial charge on any atom is -0.481 e. The molecule has 0 bridgehead atoms. The van der Waals surface area contributed by atoms with E-state index < -0.39 is 5.97 Å². The zero-order valence-corrected chi connectivity index (χ0v) is 12.7. The first-order valence-electron chi connectivity index (χ1n) is 7.77. The molecule has 2 heterocycles. The minimum absolute atomic E-state index is 0.0752. The highest BCUT2D eigenvalue weighted by Crippen LogP contribution is 2.40. The number of rotatable bonds is 3. The maximum atomic E-state index is 11.0. The molecule has 4 nitrogen and oxygen atoms in total. The van der Waals surface area contributed by atoms with Gasteiger partial charge in [0.1, 0.15) is 0 Å². The van der Waals surface area contributed by atoms with Crippen LogP contribution in [-0.2, 0) is 14.3 Å². The summed E-state index contributed by atoms with van der Waals surface area (Å²) in [6.45, 7) is 0.815. The second-order valence-electron chi connectivity index (χ2n) is 6.40. The Morgan fingerprint density at radius 3 is 2.65 bits per heavy atom. The molecule has 2 saturated heterocycles. The van der Waals surface area contributed by atoms with E-state index in [-0.39, 0.29) is 17.6 Å². The molecule has 3 rings (SSSR count). The van der Waals surface area contributed by atoms with Crippen molar-refractivity contribution in [1.29, 1.82) is 0 Å². The third kappa shape index (κ3) is 3.31. The normalized spacial score (nSPS) is 41.9. The molecule has 0 aromatic heterocycles. The molecule has 1 saturated carbocycles. The van der Waals surface area contributed by atoms with E-state index >= 15 is 0 Å². The van der Waals surface area contributed by atoms with Gasteiger partial charge in [-0.3, -0.25) is 4.79 Å². The molecular formula is C15H24O4S. The van der Waals surface area contributed by atoms with Crippen molar-refractivity contribution in [3.63, 3.8) is 0 Å². The number of hydrogen-bond acceptors (Lipinski definition) is 4. The van der Waals surface area contributed by atoms with Crippen LogP contribution in [0.1, 0.15) is 44.9 Å². The predicted molar refractivity (Wildman–Crippen MR) is 78.1 cm³/mol. The number of carboxylic acid groups (broad SMARTS) is 1. The maximum Gasteiger partial charge on any atom is 0.306 e. The van der Waals surface area contributed by atoms with Gasteiger partial charge in [0.2, 0.25) is 0 Å². The summed E-state index contributed by atoms with van der Waals surface area (Å²) in [5, 5.41) is 9.03. The highest BCUT2D eigenvalue weighted by Gasteiger charge is 2.41. The molecule has 1 N–H and O–H groups in total. The van der Waals surface area contributed by atoms with Crippen molar-refractivity contribution in [2.45, 2.75) is 62.8 Å². The van der Waals surface area contributed by atoms with Crippen molar-refractivity contribution in [3.8, 4) is 0 Å². The van der Waals surface area contributed by atoms with Gasteiger partial charge in [-0.25, -0.2) is 0 Å². The van der Waals surface area contributed by atoms with Gasteiger partial charge in [-0.1, -0.05) is 0 Å². The summed E-state index contributed by atoms with van der Waals surface area (Å²) in [5.74, 6) is 1.52. The molecule has 114 valence electrons. The first kappa shape index (κ1) is 14.7. The molecule has 2 unspecified atom stereocenters. The minimum atomic E-state index is -0.642. The summed E-state index contributed by atoms with van der Waals surface area (Å²) in [4.78, 5) is 11.0. The first-order valence-corrected chi connectivity index (χ1v) is 8.92. The number of aliphatic carboxylic acids is 1. The van der Waals surface area contributed by atoms with E-state index in [1.165, 1.54) is 5.75 Å². The van der Waals surface area contributed by atoms with Gasteiger partial charge in [0.15, 0.2) is 0 Å². The molecule has 5 heteroatoms. The van der Waals surface area contributed by atoms with Crippen LogP contribution in [-0.4, -0.2) is 47.0 Å². The van der Waals surface area contributed by atoms with E-state index in [2.05, 4.69) is 0 Å². The van der Waals surface area contributed by atoms with Gasteiger partial charge >= 0.3 is 5.97 Å². The third-order valence-corrected chi connectivity index (χ3v) is 6.15. The van der Waals surface area contributed by atoms with Crippen molar-refractivity contribution in [2.24, 2.45) is 5.92 Å². The Morgan fingerprint density at radius 1 is 1.20 bits per heavy atom. The zero-order valence-electron chi connectivity index (χ0n) is 11.9. The summed E-state index contributed by atoms with van der Waals surface area (Å²) < 4.78 is 12.3. The van der Waals surface area contributed by atoms with E-state index in [4.69, 9.17) is 14.6 Å². The van der Waals surface area contributed by atoms with Gasteiger partial charge in [0.25, 0.3) is 0 Å². The van der Waals surface area contributed by atoms with E-state index in [0.29, 0.717) is 6.10 Å². The molecule has 0 radical (unpaired) electrons. The van der Waals surface area contributed by atoms with Crippen LogP contribution in [0.25, 0.3) is 0 Å². The Bertz CT molecular complexity index is 346. The Balaban J connectivity index is 1.47. The van der Waals surface area contributed by atoms with Gasteiger partial charge in [-0.2, -0.15) is 11.8 Å². The van der Waals surface area contributed by atoms with Crippen LogP contribution in [0, 0.1) is 5.92 Å². The van der Waals surface area contributed by atoms with Gasteiger partial charge in [0.05, 0.1) is 23.7 Å². The summed E-state index contributed by atoms with van der Waals surface area (Å²) in [6, 6.07) is 0. The highest BCUT2D eigenvalue weighted by atomic mass is 32.2. The number of ether oxygens (including phenoxy) is 2. The predicted octanol–water partition coefficient (Wildman–Crippen LogP) is 2.70. The lowest BCUT2D eigenvalue weighted by atomic mass is 9.86. The smallest absolute Gasteiger partial charge is 0.306 e. The van der Waals surface area contributed by atoms with E-state index in [9.17, 15) is 4.79 Å². The fourth-order valence-corrected chi connectivity index (χ4v) is 5.06. The summed E-state index contributed by atoms with van der Waals surface area (Å²) in [7, 11) is 0. The van der Waals surface area contributed by atoms with Crippen LogP contribution in [0.4, 0.5) is 0 Å². The summed E-state index contributed by atoms with van der Waals surface area (Å²) >= 11 is 1.99. The monoisotopic (exact) mass is 300 g/mol. The van der Waals surface area contributed by atoms with Gasteiger partial charge in [-0.15, -0.1) is 0 Å². The van der Waals surface area contributed by atoms with Crippen molar-refractivity contribution >= 4 is 17.7 Å². The third-order valence-electron chi connectivity index (χ3n) is 4.92. The van der Waals surface area contributed by atoms with Crippen molar-refractivity contribution < 1.29 is 19.4 Å². The molecule has 3 aliphatic rings. The average molecular weight is 300 g/mol. The number of carboxylic acids is 1. The van der Waals surface area contributed by atoms with Crippen molar-refractivity contribution in [1.82, 2.24) is 0 Å². The highest BCUT2D eigenvalue weighted by molar-refractivity contribution is 7.99. The molecule has 20 heavy (non-hydrogen) atoms.